The van der Waals surface area contributed by atoms with E-state index < -0.39 is 0 Å². The summed E-state index contributed by atoms with van der Waals surface area (Å²) in [5.74, 6) is 0. The average Bonchev–Trinajstić information content (AvgIpc) is 2.75. The van der Waals surface area contributed by atoms with E-state index in [9.17, 15) is 0 Å². The van der Waals surface area contributed by atoms with Crippen molar-refractivity contribution in [1.29, 1.82) is 0 Å². The molecule has 0 aliphatic rings. The van der Waals surface area contributed by atoms with Gasteiger partial charge in [-0.1, -0.05) is 19.8 Å². The van der Waals surface area contributed by atoms with Gasteiger partial charge >= 0.3 is 0 Å². The van der Waals surface area contributed by atoms with E-state index in [4.69, 9.17) is 0 Å². The Balaban J connectivity index is 1.81. The lowest BCUT2D eigenvalue weighted by Crippen LogP contribution is -2.15. The van der Waals surface area contributed by atoms with Gasteiger partial charge in [-0.25, -0.2) is 0 Å². The molecule has 0 bridgehead atoms. The molecule has 0 aliphatic carbocycles. The van der Waals surface area contributed by atoms with Crippen molar-refractivity contribution >= 4 is 0 Å². The van der Waals surface area contributed by atoms with Crippen molar-refractivity contribution in [3.63, 3.8) is 0 Å². The van der Waals surface area contributed by atoms with Crippen LogP contribution in [-0.4, -0.2) is 22.9 Å². The van der Waals surface area contributed by atoms with Gasteiger partial charge in [-0.2, -0.15) is 5.10 Å². The molecule has 15 heavy (non-hydrogen) atoms. The molecule has 3 nitrogen and oxygen atoms in total. The van der Waals surface area contributed by atoms with Gasteiger partial charge in [0.1, 0.15) is 0 Å². The van der Waals surface area contributed by atoms with Crippen LogP contribution in [0.4, 0.5) is 0 Å². The highest BCUT2D eigenvalue weighted by Crippen LogP contribution is 2.00. The average molecular weight is 209 g/mol. The van der Waals surface area contributed by atoms with Crippen molar-refractivity contribution in [2.45, 2.75) is 45.6 Å². The Labute approximate surface area is 92.9 Å². The normalized spacial score (nSPS) is 10.7. The summed E-state index contributed by atoms with van der Waals surface area (Å²) in [5.41, 5.74) is 0. The third kappa shape index (κ3) is 6.28. The third-order valence-electron chi connectivity index (χ3n) is 2.48. The SMILES string of the molecule is CCCNCCCCCCn1cccn1. The number of rotatable bonds is 9. The van der Waals surface area contributed by atoms with Crippen molar-refractivity contribution < 1.29 is 0 Å². The van der Waals surface area contributed by atoms with Crippen molar-refractivity contribution in [1.82, 2.24) is 15.1 Å². The highest BCUT2D eigenvalue weighted by atomic mass is 15.3. The first-order valence-corrected chi connectivity index (χ1v) is 6.11. The van der Waals surface area contributed by atoms with Crippen LogP contribution in [0.5, 0.6) is 0 Å². The predicted molar refractivity (Wildman–Crippen MR) is 63.9 cm³/mol. The van der Waals surface area contributed by atoms with E-state index in [2.05, 4.69) is 17.3 Å². The molecule has 0 aliphatic heterocycles. The van der Waals surface area contributed by atoms with Gasteiger partial charge in [0.05, 0.1) is 0 Å². The maximum atomic E-state index is 4.18. The number of aryl methyl sites for hydroxylation is 1. The second-order valence-corrected chi connectivity index (χ2v) is 3.93. The minimum atomic E-state index is 1.06. The molecule has 0 amide bonds. The molecular formula is C12H23N3. The minimum absolute atomic E-state index is 1.06. The molecule has 0 spiro atoms. The quantitative estimate of drug-likeness (QED) is 0.633. The van der Waals surface area contributed by atoms with Gasteiger partial charge in [0, 0.05) is 18.9 Å². The van der Waals surface area contributed by atoms with E-state index in [0.717, 1.165) is 13.1 Å². The largest absolute Gasteiger partial charge is 0.317 e. The number of unbranched alkanes of at least 4 members (excludes halogenated alkanes) is 3. The van der Waals surface area contributed by atoms with E-state index in [1.54, 1.807) is 0 Å². The number of aromatic nitrogens is 2. The maximum absolute atomic E-state index is 4.18. The number of nitrogens with zero attached hydrogens (tertiary/aromatic N) is 2. The molecular weight excluding hydrogens is 186 g/mol. The van der Waals surface area contributed by atoms with Gasteiger partial charge < -0.3 is 5.32 Å². The monoisotopic (exact) mass is 209 g/mol. The third-order valence-corrected chi connectivity index (χ3v) is 2.48. The summed E-state index contributed by atoms with van der Waals surface area (Å²) in [6.07, 6.45) is 10.3. The number of hydrogen-bond donors (Lipinski definition) is 1. The Morgan fingerprint density at radius 2 is 2.00 bits per heavy atom. The molecule has 1 rings (SSSR count). The summed E-state index contributed by atoms with van der Waals surface area (Å²) in [5, 5.41) is 7.60. The fourth-order valence-electron chi connectivity index (χ4n) is 1.61. The van der Waals surface area contributed by atoms with Crippen LogP contribution in [0, 0.1) is 0 Å². The van der Waals surface area contributed by atoms with Crippen molar-refractivity contribution in [2.24, 2.45) is 0 Å². The molecule has 0 saturated heterocycles. The second-order valence-electron chi connectivity index (χ2n) is 3.93. The Kier molecular flexibility index (Phi) is 6.92. The van der Waals surface area contributed by atoms with E-state index in [0.29, 0.717) is 0 Å². The molecule has 0 atom stereocenters. The molecule has 0 unspecified atom stereocenters. The summed E-state index contributed by atoms with van der Waals surface area (Å²) in [6, 6.07) is 1.98. The zero-order valence-corrected chi connectivity index (χ0v) is 9.78. The lowest BCUT2D eigenvalue weighted by atomic mass is 10.2. The molecule has 0 radical (unpaired) electrons. The minimum Gasteiger partial charge on any atom is -0.317 e. The summed E-state index contributed by atoms with van der Waals surface area (Å²) < 4.78 is 2.01. The zero-order valence-electron chi connectivity index (χ0n) is 9.78. The fraction of sp³-hybridized carbons (Fsp3) is 0.750. The van der Waals surface area contributed by atoms with Crippen molar-refractivity contribution in [3.05, 3.63) is 18.5 Å². The van der Waals surface area contributed by atoms with Crippen LogP contribution in [0.25, 0.3) is 0 Å². The maximum Gasteiger partial charge on any atom is 0.0489 e. The predicted octanol–water partition coefficient (Wildman–Crippen LogP) is 2.44. The van der Waals surface area contributed by atoms with Gasteiger partial charge in [-0.15, -0.1) is 0 Å². The fourth-order valence-corrected chi connectivity index (χ4v) is 1.61. The number of hydrogen-bond acceptors (Lipinski definition) is 2. The molecule has 1 aromatic rings. The van der Waals surface area contributed by atoms with Gasteiger partial charge in [-0.3, -0.25) is 4.68 Å². The van der Waals surface area contributed by atoms with Gasteiger partial charge in [0.25, 0.3) is 0 Å². The van der Waals surface area contributed by atoms with E-state index in [1.807, 2.05) is 23.1 Å². The van der Waals surface area contributed by atoms with Crippen molar-refractivity contribution in [3.8, 4) is 0 Å². The van der Waals surface area contributed by atoms with Crippen LogP contribution < -0.4 is 5.32 Å². The summed E-state index contributed by atoms with van der Waals surface area (Å²) in [6.45, 7) is 5.61. The first kappa shape index (κ1) is 12.2. The number of nitrogens with one attached hydrogen (secondary N) is 1. The lowest BCUT2D eigenvalue weighted by molar-refractivity contribution is 0.524. The van der Waals surface area contributed by atoms with E-state index in [-0.39, 0.29) is 0 Å². The Morgan fingerprint density at radius 3 is 2.73 bits per heavy atom. The van der Waals surface area contributed by atoms with E-state index >= 15 is 0 Å². The van der Waals surface area contributed by atoms with Gasteiger partial charge in [0.15, 0.2) is 0 Å². The van der Waals surface area contributed by atoms with E-state index in [1.165, 1.54) is 38.6 Å². The lowest BCUT2D eigenvalue weighted by Gasteiger charge is -2.03. The van der Waals surface area contributed by atoms with Crippen molar-refractivity contribution in [2.75, 3.05) is 13.1 Å². The van der Waals surface area contributed by atoms with Crippen LogP contribution in [0.1, 0.15) is 39.0 Å². The highest BCUT2D eigenvalue weighted by Gasteiger charge is 1.92. The summed E-state index contributed by atoms with van der Waals surface area (Å²) >= 11 is 0. The van der Waals surface area contributed by atoms with Crippen LogP contribution in [-0.2, 0) is 6.54 Å². The first-order chi connectivity index (χ1) is 7.43. The van der Waals surface area contributed by atoms with Crippen LogP contribution in [0.2, 0.25) is 0 Å². The van der Waals surface area contributed by atoms with Crippen LogP contribution >= 0.6 is 0 Å². The van der Waals surface area contributed by atoms with Crippen LogP contribution in [0.3, 0.4) is 0 Å². The highest BCUT2D eigenvalue weighted by molar-refractivity contribution is 4.77. The summed E-state index contributed by atoms with van der Waals surface area (Å²) in [4.78, 5) is 0. The van der Waals surface area contributed by atoms with Gasteiger partial charge in [-0.05, 0) is 38.4 Å². The smallest absolute Gasteiger partial charge is 0.0489 e. The first-order valence-electron chi connectivity index (χ1n) is 6.11. The molecule has 3 heteroatoms. The molecule has 0 aromatic carbocycles. The molecule has 1 heterocycles. The Morgan fingerprint density at radius 1 is 1.13 bits per heavy atom. The molecule has 86 valence electrons. The molecule has 0 fully saturated rings. The molecule has 1 aromatic heterocycles. The Hall–Kier alpha value is -0.830. The second kappa shape index (κ2) is 8.48. The standard InChI is InChI=1S/C12H23N3/c1-2-8-13-9-5-3-4-6-11-15-12-7-10-14-15/h7,10,12-13H,2-6,8-9,11H2,1H3. The zero-order chi connectivity index (χ0) is 10.8. The topological polar surface area (TPSA) is 29.9 Å². The van der Waals surface area contributed by atoms with Crippen LogP contribution in [0.15, 0.2) is 18.5 Å². The summed E-state index contributed by atoms with van der Waals surface area (Å²) in [7, 11) is 0. The molecule has 0 saturated carbocycles. The molecule has 1 N–H and O–H groups in total. The van der Waals surface area contributed by atoms with Gasteiger partial charge in [0.2, 0.25) is 0 Å². The Bertz CT molecular complexity index is 219.